The maximum Gasteiger partial charge on any atom is 0.225 e. The van der Waals surface area contributed by atoms with Gasteiger partial charge in [0.25, 0.3) is 0 Å². The average molecular weight is 232 g/mol. The predicted molar refractivity (Wildman–Crippen MR) is 68.1 cm³/mol. The van der Waals surface area contributed by atoms with Crippen molar-refractivity contribution in [3.05, 3.63) is 17.5 Å². The van der Waals surface area contributed by atoms with Crippen LogP contribution >= 0.6 is 0 Å². The van der Waals surface area contributed by atoms with Gasteiger partial charge in [-0.3, -0.25) is 0 Å². The van der Waals surface area contributed by atoms with Crippen LogP contribution in [0.4, 0.5) is 5.95 Å². The Morgan fingerprint density at radius 2 is 1.94 bits per heavy atom. The average Bonchev–Trinajstić information content (AvgIpc) is 2.39. The van der Waals surface area contributed by atoms with Crippen molar-refractivity contribution in [3.63, 3.8) is 0 Å². The molecule has 1 aliphatic carbocycles. The molecule has 0 unspecified atom stereocenters. The van der Waals surface area contributed by atoms with Crippen molar-refractivity contribution >= 4 is 5.95 Å². The predicted octanol–water partition coefficient (Wildman–Crippen LogP) is 1.28. The lowest BCUT2D eigenvalue weighted by atomic mass is 9.98. The number of aryl methyl sites for hydroxylation is 2. The fourth-order valence-electron chi connectivity index (χ4n) is 2.72. The van der Waals surface area contributed by atoms with Gasteiger partial charge in [0.2, 0.25) is 5.95 Å². The fourth-order valence-corrected chi connectivity index (χ4v) is 2.72. The summed E-state index contributed by atoms with van der Waals surface area (Å²) >= 11 is 0. The summed E-state index contributed by atoms with van der Waals surface area (Å²) in [5.41, 5.74) is 8.55. The van der Waals surface area contributed by atoms with E-state index in [2.05, 4.69) is 9.88 Å². The first-order chi connectivity index (χ1) is 8.33. The normalized spacial score (nSPS) is 21.4. The highest BCUT2D eigenvalue weighted by Gasteiger charge is 2.20. The Balaban J connectivity index is 1.79. The summed E-state index contributed by atoms with van der Waals surface area (Å²) in [5, 5.41) is 0. The van der Waals surface area contributed by atoms with E-state index in [1.165, 1.54) is 24.1 Å². The van der Waals surface area contributed by atoms with Gasteiger partial charge in [-0.25, -0.2) is 9.97 Å². The van der Waals surface area contributed by atoms with Crippen molar-refractivity contribution in [1.82, 2.24) is 9.97 Å². The molecule has 0 amide bonds. The molecular formula is C13H20N4. The molecule has 4 heteroatoms. The van der Waals surface area contributed by atoms with Crippen molar-refractivity contribution in [3.8, 4) is 0 Å². The van der Waals surface area contributed by atoms with Crippen molar-refractivity contribution < 1.29 is 0 Å². The van der Waals surface area contributed by atoms with E-state index in [9.17, 15) is 0 Å². The second kappa shape index (κ2) is 4.61. The maximum atomic E-state index is 5.92. The molecule has 1 saturated heterocycles. The summed E-state index contributed by atoms with van der Waals surface area (Å²) in [6, 6.07) is 0.365. The number of hydrogen-bond acceptors (Lipinski definition) is 4. The number of hydrogen-bond donors (Lipinski definition) is 1. The van der Waals surface area contributed by atoms with Gasteiger partial charge in [0, 0.05) is 31.0 Å². The zero-order chi connectivity index (χ0) is 11.7. The van der Waals surface area contributed by atoms with Gasteiger partial charge in [0.05, 0.1) is 0 Å². The quantitative estimate of drug-likeness (QED) is 0.792. The molecule has 17 heavy (non-hydrogen) atoms. The van der Waals surface area contributed by atoms with Gasteiger partial charge in [-0.05, 0) is 44.1 Å². The van der Waals surface area contributed by atoms with Crippen molar-refractivity contribution in [1.29, 1.82) is 0 Å². The van der Waals surface area contributed by atoms with Gasteiger partial charge in [-0.1, -0.05) is 0 Å². The first-order valence-corrected chi connectivity index (χ1v) is 6.68. The third kappa shape index (κ3) is 2.27. The molecule has 4 nitrogen and oxygen atoms in total. The van der Waals surface area contributed by atoms with Gasteiger partial charge < -0.3 is 10.6 Å². The minimum Gasteiger partial charge on any atom is -0.341 e. The summed E-state index contributed by atoms with van der Waals surface area (Å²) < 4.78 is 0. The largest absolute Gasteiger partial charge is 0.341 e. The molecule has 1 fully saturated rings. The van der Waals surface area contributed by atoms with Crippen LogP contribution in [0.5, 0.6) is 0 Å². The van der Waals surface area contributed by atoms with E-state index in [-0.39, 0.29) is 0 Å². The van der Waals surface area contributed by atoms with Gasteiger partial charge in [-0.2, -0.15) is 0 Å². The highest BCUT2D eigenvalue weighted by Crippen LogP contribution is 2.22. The van der Waals surface area contributed by atoms with E-state index < -0.39 is 0 Å². The third-order valence-corrected chi connectivity index (χ3v) is 3.87. The second-order valence-corrected chi connectivity index (χ2v) is 5.17. The number of piperidine rings is 1. The van der Waals surface area contributed by atoms with Gasteiger partial charge >= 0.3 is 0 Å². The van der Waals surface area contributed by atoms with Gasteiger partial charge in [-0.15, -0.1) is 0 Å². The minimum atomic E-state index is 0.365. The molecule has 3 rings (SSSR count). The Bertz CT molecular complexity index is 396. The van der Waals surface area contributed by atoms with Crippen molar-refractivity contribution in [2.24, 2.45) is 5.73 Å². The Hall–Kier alpha value is -1.16. The summed E-state index contributed by atoms with van der Waals surface area (Å²) in [6.07, 6.45) is 8.98. The lowest BCUT2D eigenvalue weighted by Gasteiger charge is -2.30. The van der Waals surface area contributed by atoms with Crippen LogP contribution in [0.25, 0.3) is 0 Å². The van der Waals surface area contributed by atoms with E-state index in [0.29, 0.717) is 6.04 Å². The standard InChI is InChI=1S/C13H20N4/c14-11-5-7-17(8-6-11)13-15-9-10-3-1-2-4-12(10)16-13/h9,11H,1-8,14H2. The minimum absolute atomic E-state index is 0.365. The Kier molecular flexibility index (Phi) is 2.97. The number of anilines is 1. The second-order valence-electron chi connectivity index (χ2n) is 5.17. The first kappa shape index (κ1) is 11.0. The molecule has 0 spiro atoms. The third-order valence-electron chi connectivity index (χ3n) is 3.87. The summed E-state index contributed by atoms with van der Waals surface area (Å²) in [4.78, 5) is 11.5. The molecule has 92 valence electrons. The molecule has 0 saturated carbocycles. The molecule has 0 atom stereocenters. The van der Waals surface area contributed by atoms with Crippen LogP contribution in [0.1, 0.15) is 36.9 Å². The van der Waals surface area contributed by atoms with Gasteiger partial charge in [0.15, 0.2) is 0 Å². The van der Waals surface area contributed by atoms with Crippen LogP contribution in [-0.4, -0.2) is 29.1 Å². The van der Waals surface area contributed by atoms with Crippen LogP contribution in [0.15, 0.2) is 6.20 Å². The van der Waals surface area contributed by atoms with Crippen molar-refractivity contribution in [2.75, 3.05) is 18.0 Å². The van der Waals surface area contributed by atoms with E-state index in [0.717, 1.165) is 44.7 Å². The van der Waals surface area contributed by atoms with E-state index in [1.54, 1.807) is 0 Å². The molecular weight excluding hydrogens is 212 g/mol. The zero-order valence-electron chi connectivity index (χ0n) is 10.2. The fraction of sp³-hybridized carbons (Fsp3) is 0.692. The molecule has 1 aliphatic heterocycles. The molecule has 0 bridgehead atoms. The lowest BCUT2D eigenvalue weighted by Crippen LogP contribution is -2.40. The first-order valence-electron chi connectivity index (χ1n) is 6.68. The molecule has 2 N–H and O–H groups in total. The van der Waals surface area contributed by atoms with Crippen LogP contribution in [-0.2, 0) is 12.8 Å². The van der Waals surface area contributed by atoms with Crippen LogP contribution in [0.2, 0.25) is 0 Å². The highest BCUT2D eigenvalue weighted by atomic mass is 15.3. The molecule has 0 radical (unpaired) electrons. The van der Waals surface area contributed by atoms with E-state index in [1.807, 2.05) is 6.20 Å². The SMILES string of the molecule is NC1CCN(c2ncc3c(n2)CCCC3)CC1. The maximum absolute atomic E-state index is 5.92. The Morgan fingerprint density at radius 3 is 2.76 bits per heavy atom. The van der Waals surface area contributed by atoms with Crippen molar-refractivity contribution in [2.45, 2.75) is 44.6 Å². The van der Waals surface area contributed by atoms with Crippen LogP contribution in [0, 0.1) is 0 Å². The number of nitrogens with zero attached hydrogens (tertiary/aromatic N) is 3. The lowest BCUT2D eigenvalue weighted by molar-refractivity contribution is 0.494. The van der Waals surface area contributed by atoms with Crippen LogP contribution in [0.3, 0.4) is 0 Å². The monoisotopic (exact) mass is 232 g/mol. The molecule has 1 aromatic rings. The molecule has 1 aromatic heterocycles. The van der Waals surface area contributed by atoms with E-state index >= 15 is 0 Å². The molecule has 2 aliphatic rings. The Morgan fingerprint density at radius 1 is 1.18 bits per heavy atom. The zero-order valence-corrected chi connectivity index (χ0v) is 10.2. The van der Waals surface area contributed by atoms with Crippen LogP contribution < -0.4 is 10.6 Å². The highest BCUT2D eigenvalue weighted by molar-refractivity contribution is 5.34. The summed E-state index contributed by atoms with van der Waals surface area (Å²) in [5.74, 6) is 0.914. The molecule has 2 heterocycles. The number of aromatic nitrogens is 2. The summed E-state index contributed by atoms with van der Waals surface area (Å²) in [7, 11) is 0. The Labute approximate surface area is 102 Å². The van der Waals surface area contributed by atoms with E-state index in [4.69, 9.17) is 10.7 Å². The smallest absolute Gasteiger partial charge is 0.225 e. The number of rotatable bonds is 1. The number of nitrogens with two attached hydrogens (primary N) is 1. The molecule has 0 aromatic carbocycles. The van der Waals surface area contributed by atoms with Gasteiger partial charge in [0.1, 0.15) is 0 Å². The summed E-state index contributed by atoms with van der Waals surface area (Å²) in [6.45, 7) is 2.00. The number of fused-ring (bicyclic) bond motifs is 1. The topological polar surface area (TPSA) is 55.0 Å².